The molecule has 1 fully saturated rings. The Kier molecular flexibility index (Phi) is 5.19. The third-order valence-corrected chi connectivity index (χ3v) is 3.39. The van der Waals surface area contributed by atoms with E-state index in [0.717, 1.165) is 12.1 Å². The molecule has 104 valence electrons. The van der Waals surface area contributed by atoms with E-state index >= 15 is 0 Å². The predicted molar refractivity (Wildman–Crippen MR) is 75.2 cm³/mol. The van der Waals surface area contributed by atoms with E-state index in [1.165, 1.54) is 0 Å². The molecule has 1 heterocycles. The molecule has 1 aromatic rings. The molecule has 19 heavy (non-hydrogen) atoms. The average molecular weight is 283 g/mol. The Bertz CT molecular complexity index is 433. The molecule has 1 atom stereocenters. The molecule has 1 aliphatic rings. The molecule has 0 aliphatic carbocycles. The fraction of sp³-hybridized carbons (Fsp3) is 0.500. The largest absolute Gasteiger partial charge is 0.366 e. The minimum Gasteiger partial charge on any atom is -0.366 e. The van der Waals surface area contributed by atoms with Crippen LogP contribution in [0.1, 0.15) is 12.5 Å². The zero-order valence-electron chi connectivity index (χ0n) is 11.1. The number of halogens is 1. The standard InChI is InChI=1S/C14H19ClN2O2/c1-2-17(10-11-4-3-5-12(15)8-11)14(18)13-9-16-6-7-19-13/h3-5,8,13,16H,2,6-7,9-10H2,1H3. The summed E-state index contributed by atoms with van der Waals surface area (Å²) in [6.45, 7) is 5.18. The van der Waals surface area contributed by atoms with Gasteiger partial charge in [0, 0.05) is 31.2 Å². The molecular weight excluding hydrogens is 264 g/mol. The van der Waals surface area contributed by atoms with Gasteiger partial charge in [-0.3, -0.25) is 4.79 Å². The molecule has 0 spiro atoms. The number of likely N-dealkylation sites (N-methyl/N-ethyl adjacent to an activating group) is 1. The van der Waals surface area contributed by atoms with Crippen LogP contribution in [0.5, 0.6) is 0 Å². The summed E-state index contributed by atoms with van der Waals surface area (Å²) >= 11 is 5.96. The lowest BCUT2D eigenvalue weighted by Crippen LogP contribution is -2.49. The van der Waals surface area contributed by atoms with Crippen molar-refractivity contribution in [2.24, 2.45) is 0 Å². The first-order chi connectivity index (χ1) is 9.20. The highest BCUT2D eigenvalue weighted by Gasteiger charge is 2.26. The van der Waals surface area contributed by atoms with Crippen LogP contribution in [0.2, 0.25) is 5.02 Å². The van der Waals surface area contributed by atoms with Gasteiger partial charge in [0.05, 0.1) is 6.61 Å². The predicted octanol–water partition coefficient (Wildman–Crippen LogP) is 1.68. The van der Waals surface area contributed by atoms with Crippen LogP contribution in [-0.2, 0) is 16.1 Å². The highest BCUT2D eigenvalue weighted by atomic mass is 35.5. The quantitative estimate of drug-likeness (QED) is 0.914. The van der Waals surface area contributed by atoms with E-state index in [4.69, 9.17) is 16.3 Å². The van der Waals surface area contributed by atoms with Crippen LogP contribution >= 0.6 is 11.6 Å². The van der Waals surface area contributed by atoms with Crippen molar-refractivity contribution < 1.29 is 9.53 Å². The Balaban J connectivity index is 2.00. The van der Waals surface area contributed by atoms with Crippen LogP contribution in [0.25, 0.3) is 0 Å². The van der Waals surface area contributed by atoms with Gasteiger partial charge in [-0.1, -0.05) is 23.7 Å². The summed E-state index contributed by atoms with van der Waals surface area (Å²) in [5, 5.41) is 3.87. The van der Waals surface area contributed by atoms with Gasteiger partial charge in [-0.05, 0) is 24.6 Å². The van der Waals surface area contributed by atoms with Gasteiger partial charge in [-0.25, -0.2) is 0 Å². The maximum Gasteiger partial charge on any atom is 0.253 e. The summed E-state index contributed by atoms with van der Waals surface area (Å²) in [5.41, 5.74) is 1.03. The molecule has 1 N–H and O–H groups in total. The van der Waals surface area contributed by atoms with Crippen LogP contribution in [0.4, 0.5) is 0 Å². The highest BCUT2D eigenvalue weighted by Crippen LogP contribution is 2.14. The van der Waals surface area contributed by atoms with Crippen molar-refractivity contribution in [3.63, 3.8) is 0 Å². The van der Waals surface area contributed by atoms with Crippen molar-refractivity contribution in [1.82, 2.24) is 10.2 Å². The van der Waals surface area contributed by atoms with E-state index in [2.05, 4.69) is 5.32 Å². The maximum atomic E-state index is 12.3. The Morgan fingerprint density at radius 3 is 3.05 bits per heavy atom. The fourth-order valence-corrected chi connectivity index (χ4v) is 2.34. The van der Waals surface area contributed by atoms with Crippen LogP contribution < -0.4 is 5.32 Å². The minimum atomic E-state index is -0.368. The van der Waals surface area contributed by atoms with Gasteiger partial charge in [0.2, 0.25) is 0 Å². The second-order valence-corrected chi connectivity index (χ2v) is 4.98. The molecular formula is C14H19ClN2O2. The first-order valence-corrected chi connectivity index (χ1v) is 6.94. The molecule has 1 saturated heterocycles. The average Bonchev–Trinajstić information content (AvgIpc) is 2.45. The Hall–Kier alpha value is -1.10. The van der Waals surface area contributed by atoms with Crippen molar-refractivity contribution in [3.8, 4) is 0 Å². The summed E-state index contributed by atoms with van der Waals surface area (Å²) in [5.74, 6) is 0.0367. The van der Waals surface area contributed by atoms with Crippen LogP contribution in [0.3, 0.4) is 0 Å². The molecule has 1 aromatic carbocycles. The van der Waals surface area contributed by atoms with Crippen molar-refractivity contribution in [2.45, 2.75) is 19.6 Å². The molecule has 1 unspecified atom stereocenters. The number of morpholine rings is 1. The molecule has 0 bridgehead atoms. The maximum absolute atomic E-state index is 12.3. The van der Waals surface area contributed by atoms with Gasteiger partial charge < -0.3 is 15.0 Å². The Labute approximate surface area is 118 Å². The van der Waals surface area contributed by atoms with E-state index < -0.39 is 0 Å². The summed E-state index contributed by atoms with van der Waals surface area (Å²) in [6.07, 6.45) is -0.368. The topological polar surface area (TPSA) is 41.6 Å². The number of hydrogen-bond donors (Lipinski definition) is 1. The zero-order chi connectivity index (χ0) is 13.7. The lowest BCUT2D eigenvalue weighted by molar-refractivity contribution is -0.145. The zero-order valence-corrected chi connectivity index (χ0v) is 11.8. The number of hydrogen-bond acceptors (Lipinski definition) is 3. The summed E-state index contributed by atoms with van der Waals surface area (Å²) < 4.78 is 5.50. The van der Waals surface area contributed by atoms with Crippen LogP contribution in [0, 0.1) is 0 Å². The third-order valence-electron chi connectivity index (χ3n) is 3.16. The number of amides is 1. The molecule has 1 amide bonds. The van der Waals surface area contributed by atoms with Crippen LogP contribution in [-0.4, -0.2) is 43.2 Å². The van der Waals surface area contributed by atoms with Gasteiger partial charge >= 0.3 is 0 Å². The number of benzene rings is 1. The summed E-state index contributed by atoms with van der Waals surface area (Å²) in [4.78, 5) is 14.1. The highest BCUT2D eigenvalue weighted by molar-refractivity contribution is 6.30. The Morgan fingerprint density at radius 2 is 2.42 bits per heavy atom. The van der Waals surface area contributed by atoms with E-state index in [1.54, 1.807) is 4.90 Å². The second-order valence-electron chi connectivity index (χ2n) is 4.55. The molecule has 4 nitrogen and oxygen atoms in total. The molecule has 0 radical (unpaired) electrons. The van der Waals surface area contributed by atoms with E-state index in [1.807, 2.05) is 31.2 Å². The van der Waals surface area contributed by atoms with Crippen molar-refractivity contribution in [2.75, 3.05) is 26.2 Å². The SMILES string of the molecule is CCN(Cc1cccc(Cl)c1)C(=O)C1CNCCO1. The number of carbonyl (C=O) groups is 1. The van der Waals surface area contributed by atoms with Crippen molar-refractivity contribution >= 4 is 17.5 Å². The van der Waals surface area contributed by atoms with Gasteiger partial charge in [-0.15, -0.1) is 0 Å². The molecule has 5 heteroatoms. The fourth-order valence-electron chi connectivity index (χ4n) is 2.13. The normalized spacial score (nSPS) is 19.2. The first kappa shape index (κ1) is 14.3. The molecule has 2 rings (SSSR count). The number of nitrogens with zero attached hydrogens (tertiary/aromatic N) is 1. The molecule has 0 saturated carbocycles. The molecule has 0 aromatic heterocycles. The monoisotopic (exact) mass is 282 g/mol. The molecule has 1 aliphatic heterocycles. The van der Waals surface area contributed by atoms with E-state index in [-0.39, 0.29) is 12.0 Å². The van der Waals surface area contributed by atoms with Gasteiger partial charge in [0.25, 0.3) is 5.91 Å². The first-order valence-electron chi connectivity index (χ1n) is 6.56. The summed E-state index contributed by atoms with van der Waals surface area (Å²) in [6, 6.07) is 7.59. The van der Waals surface area contributed by atoms with Crippen LogP contribution in [0.15, 0.2) is 24.3 Å². The van der Waals surface area contributed by atoms with E-state index in [0.29, 0.717) is 31.3 Å². The van der Waals surface area contributed by atoms with Gasteiger partial charge in [0.1, 0.15) is 6.10 Å². The number of nitrogens with one attached hydrogen (secondary N) is 1. The second kappa shape index (κ2) is 6.89. The number of ether oxygens (including phenoxy) is 1. The van der Waals surface area contributed by atoms with Gasteiger partial charge in [-0.2, -0.15) is 0 Å². The smallest absolute Gasteiger partial charge is 0.253 e. The number of rotatable bonds is 4. The lowest BCUT2D eigenvalue weighted by atomic mass is 10.2. The van der Waals surface area contributed by atoms with Gasteiger partial charge in [0.15, 0.2) is 0 Å². The number of carbonyl (C=O) groups excluding carboxylic acids is 1. The Morgan fingerprint density at radius 1 is 1.58 bits per heavy atom. The van der Waals surface area contributed by atoms with Crippen molar-refractivity contribution in [3.05, 3.63) is 34.9 Å². The van der Waals surface area contributed by atoms with E-state index in [9.17, 15) is 4.79 Å². The summed E-state index contributed by atoms with van der Waals surface area (Å²) in [7, 11) is 0. The third kappa shape index (κ3) is 3.93. The lowest BCUT2D eigenvalue weighted by Gasteiger charge is -2.29. The van der Waals surface area contributed by atoms with Crippen molar-refractivity contribution in [1.29, 1.82) is 0 Å². The minimum absolute atomic E-state index is 0.0367.